The van der Waals surface area contributed by atoms with Crippen LogP contribution in [0.25, 0.3) is 5.52 Å². The number of carbonyl (C=O) groups excluding carboxylic acids is 2. The van der Waals surface area contributed by atoms with Gasteiger partial charge >= 0.3 is 5.97 Å². The molecule has 0 amide bonds. The van der Waals surface area contributed by atoms with Crippen molar-refractivity contribution in [1.29, 1.82) is 0 Å². The second kappa shape index (κ2) is 6.08. The minimum Gasteiger partial charge on any atom is -0.462 e. The molecule has 0 aliphatic carbocycles. The van der Waals surface area contributed by atoms with Crippen molar-refractivity contribution in [3.8, 4) is 0 Å². The molecule has 23 heavy (non-hydrogen) atoms. The monoisotopic (exact) mass is 307 g/mol. The minimum absolute atomic E-state index is 0.0352. The van der Waals surface area contributed by atoms with Crippen LogP contribution in [0, 0.1) is 6.92 Å². The smallest absolute Gasteiger partial charge is 0.338 e. The third-order valence-electron chi connectivity index (χ3n) is 3.73. The molecule has 0 saturated heterocycles. The van der Waals surface area contributed by atoms with Crippen LogP contribution in [0.3, 0.4) is 0 Å². The number of benzene rings is 1. The number of nitrogens with zero attached hydrogens (tertiary/aromatic N) is 1. The van der Waals surface area contributed by atoms with Crippen LogP contribution < -0.4 is 0 Å². The zero-order valence-electron chi connectivity index (χ0n) is 13.1. The Morgan fingerprint density at radius 2 is 1.78 bits per heavy atom. The third-order valence-corrected chi connectivity index (χ3v) is 3.73. The molecule has 4 heteroatoms. The van der Waals surface area contributed by atoms with Crippen molar-refractivity contribution >= 4 is 17.3 Å². The molecule has 1 aromatic carbocycles. The summed E-state index contributed by atoms with van der Waals surface area (Å²) in [4.78, 5) is 24.6. The first-order valence-electron chi connectivity index (χ1n) is 7.50. The van der Waals surface area contributed by atoms with Gasteiger partial charge in [-0.05, 0) is 37.6 Å². The van der Waals surface area contributed by atoms with Crippen LogP contribution in [0.5, 0.6) is 0 Å². The van der Waals surface area contributed by atoms with Crippen LogP contribution in [0.1, 0.15) is 38.9 Å². The molecule has 2 heterocycles. The number of aryl methyl sites for hydroxylation is 1. The molecule has 116 valence electrons. The Hall–Kier alpha value is -2.88. The lowest BCUT2D eigenvalue weighted by molar-refractivity contribution is 0.0526. The molecule has 0 N–H and O–H groups in total. The van der Waals surface area contributed by atoms with Crippen molar-refractivity contribution in [2.24, 2.45) is 0 Å². The predicted octanol–water partition coefficient (Wildman–Crippen LogP) is 3.66. The number of hydrogen-bond donors (Lipinski definition) is 0. The Bertz CT molecular complexity index is 878. The number of fused-ring (bicyclic) bond motifs is 1. The van der Waals surface area contributed by atoms with Gasteiger partial charge in [0, 0.05) is 17.3 Å². The maximum absolute atomic E-state index is 12.8. The molecule has 2 aromatic heterocycles. The van der Waals surface area contributed by atoms with E-state index in [-0.39, 0.29) is 11.8 Å². The highest BCUT2D eigenvalue weighted by Gasteiger charge is 2.18. The number of aromatic nitrogens is 1. The molecule has 0 aliphatic rings. The van der Waals surface area contributed by atoms with Crippen molar-refractivity contribution < 1.29 is 14.3 Å². The summed E-state index contributed by atoms with van der Waals surface area (Å²) >= 11 is 0. The van der Waals surface area contributed by atoms with Crippen LogP contribution >= 0.6 is 0 Å². The number of esters is 1. The van der Waals surface area contributed by atoms with E-state index in [0.717, 1.165) is 11.1 Å². The van der Waals surface area contributed by atoms with Gasteiger partial charge in [0.1, 0.15) is 0 Å². The maximum atomic E-state index is 12.8. The average Bonchev–Trinajstić information content (AvgIpc) is 2.90. The molecular formula is C19H17NO3. The SMILES string of the molecule is CCOC(=O)c1ccn2c(C(=O)c3ccccc3)c(C)cc2c1. The van der Waals surface area contributed by atoms with Crippen molar-refractivity contribution in [2.75, 3.05) is 6.61 Å². The van der Waals surface area contributed by atoms with E-state index in [1.54, 1.807) is 37.4 Å². The fourth-order valence-corrected chi connectivity index (χ4v) is 2.67. The van der Waals surface area contributed by atoms with Crippen LogP contribution in [0.15, 0.2) is 54.7 Å². The first kappa shape index (κ1) is 15.0. The standard InChI is InChI=1S/C19H17NO3/c1-3-23-19(22)15-9-10-20-16(12-15)11-13(2)17(20)18(21)14-7-5-4-6-8-14/h4-12H,3H2,1-2H3. The number of rotatable bonds is 4. The van der Waals surface area contributed by atoms with Gasteiger partial charge in [0.15, 0.2) is 0 Å². The number of ketones is 1. The van der Waals surface area contributed by atoms with E-state index < -0.39 is 0 Å². The van der Waals surface area contributed by atoms with Gasteiger partial charge in [-0.3, -0.25) is 4.79 Å². The Kier molecular flexibility index (Phi) is 3.98. The quantitative estimate of drug-likeness (QED) is 0.546. The Morgan fingerprint density at radius 3 is 2.48 bits per heavy atom. The maximum Gasteiger partial charge on any atom is 0.338 e. The highest BCUT2D eigenvalue weighted by Crippen LogP contribution is 2.21. The van der Waals surface area contributed by atoms with Crippen molar-refractivity contribution in [1.82, 2.24) is 4.40 Å². The van der Waals surface area contributed by atoms with E-state index in [1.165, 1.54) is 0 Å². The average molecular weight is 307 g/mol. The molecule has 0 fully saturated rings. The fourth-order valence-electron chi connectivity index (χ4n) is 2.67. The van der Waals surface area contributed by atoms with Crippen molar-refractivity contribution in [3.63, 3.8) is 0 Å². The summed E-state index contributed by atoms with van der Waals surface area (Å²) in [5.74, 6) is -0.392. The summed E-state index contributed by atoms with van der Waals surface area (Å²) in [5.41, 5.74) is 3.41. The van der Waals surface area contributed by atoms with Gasteiger partial charge in [0.25, 0.3) is 0 Å². The second-order valence-corrected chi connectivity index (χ2v) is 5.30. The molecule has 4 nitrogen and oxygen atoms in total. The number of carbonyl (C=O) groups is 2. The van der Waals surface area contributed by atoms with Gasteiger partial charge in [-0.15, -0.1) is 0 Å². The molecule has 0 bridgehead atoms. The molecule has 0 atom stereocenters. The molecule has 0 unspecified atom stereocenters. The summed E-state index contributed by atoms with van der Waals surface area (Å²) in [7, 11) is 0. The van der Waals surface area contributed by atoms with Gasteiger partial charge in [-0.2, -0.15) is 0 Å². The van der Waals surface area contributed by atoms with Gasteiger partial charge in [-0.25, -0.2) is 4.79 Å². The van der Waals surface area contributed by atoms with E-state index in [4.69, 9.17) is 4.74 Å². The van der Waals surface area contributed by atoms with E-state index in [9.17, 15) is 9.59 Å². The summed E-state index contributed by atoms with van der Waals surface area (Å²) < 4.78 is 6.83. The van der Waals surface area contributed by atoms with Crippen molar-refractivity contribution in [2.45, 2.75) is 13.8 Å². The third kappa shape index (κ3) is 2.75. The highest BCUT2D eigenvalue weighted by atomic mass is 16.5. The van der Waals surface area contributed by atoms with Gasteiger partial charge in [0.05, 0.1) is 17.9 Å². The van der Waals surface area contributed by atoms with E-state index in [0.29, 0.717) is 23.4 Å². The van der Waals surface area contributed by atoms with Crippen LogP contribution in [-0.2, 0) is 4.74 Å². The number of pyridine rings is 1. The van der Waals surface area contributed by atoms with E-state index in [1.807, 2.05) is 35.6 Å². The molecule has 3 rings (SSSR count). The zero-order valence-corrected chi connectivity index (χ0v) is 13.1. The lowest BCUT2D eigenvalue weighted by Gasteiger charge is -2.06. The predicted molar refractivity (Wildman–Crippen MR) is 88.0 cm³/mol. The van der Waals surface area contributed by atoms with Crippen molar-refractivity contribution in [3.05, 3.63) is 77.1 Å². The second-order valence-electron chi connectivity index (χ2n) is 5.30. The molecule has 0 radical (unpaired) electrons. The topological polar surface area (TPSA) is 47.8 Å². The van der Waals surface area contributed by atoms with Gasteiger partial charge in [0.2, 0.25) is 5.78 Å². The lowest BCUT2D eigenvalue weighted by Crippen LogP contribution is -2.08. The molecule has 3 aromatic rings. The number of ether oxygens (including phenoxy) is 1. The van der Waals surface area contributed by atoms with Gasteiger partial charge < -0.3 is 9.14 Å². The first-order chi connectivity index (χ1) is 11.1. The van der Waals surface area contributed by atoms with Crippen LogP contribution in [0.2, 0.25) is 0 Å². The first-order valence-corrected chi connectivity index (χ1v) is 7.50. The Morgan fingerprint density at radius 1 is 1.04 bits per heavy atom. The normalized spacial score (nSPS) is 10.7. The van der Waals surface area contributed by atoms with Gasteiger partial charge in [-0.1, -0.05) is 30.3 Å². The molecule has 0 spiro atoms. The van der Waals surface area contributed by atoms with Crippen LogP contribution in [-0.4, -0.2) is 22.8 Å². The lowest BCUT2D eigenvalue weighted by atomic mass is 10.1. The molecule has 0 aliphatic heterocycles. The minimum atomic E-state index is -0.357. The molecule has 0 saturated carbocycles. The van der Waals surface area contributed by atoms with E-state index >= 15 is 0 Å². The van der Waals surface area contributed by atoms with Crippen LogP contribution in [0.4, 0.5) is 0 Å². The molecular weight excluding hydrogens is 290 g/mol. The van der Waals surface area contributed by atoms with E-state index in [2.05, 4.69) is 0 Å². The summed E-state index contributed by atoms with van der Waals surface area (Å²) in [6.45, 7) is 4.00. The summed E-state index contributed by atoms with van der Waals surface area (Å²) in [6, 6.07) is 14.5. The summed E-state index contributed by atoms with van der Waals surface area (Å²) in [6.07, 6.45) is 1.74. The largest absolute Gasteiger partial charge is 0.462 e. The number of hydrogen-bond acceptors (Lipinski definition) is 3. The fraction of sp³-hybridized carbons (Fsp3) is 0.158. The zero-order chi connectivity index (χ0) is 16.4. The summed E-state index contributed by atoms with van der Waals surface area (Å²) in [5, 5.41) is 0. The Labute approximate surface area is 134 Å². The Balaban J connectivity index is 2.07. The highest BCUT2D eigenvalue weighted by molar-refractivity contribution is 6.09.